The maximum absolute atomic E-state index is 12.6. The minimum atomic E-state index is -0.816. The number of rotatable bonds is 8. The Balaban J connectivity index is 1.87. The van der Waals surface area contributed by atoms with Crippen molar-refractivity contribution < 1.29 is 14.7 Å². The fourth-order valence-electron chi connectivity index (χ4n) is 2.59. The summed E-state index contributed by atoms with van der Waals surface area (Å²) in [7, 11) is 0. The second-order valence-corrected chi connectivity index (χ2v) is 7.88. The maximum Gasteiger partial charge on any atom is 0.313 e. The van der Waals surface area contributed by atoms with Crippen LogP contribution in [0.4, 0.5) is 0 Å². The van der Waals surface area contributed by atoms with Gasteiger partial charge in [-0.05, 0) is 25.0 Å². The van der Waals surface area contributed by atoms with Crippen LogP contribution in [-0.4, -0.2) is 39.8 Å². The third-order valence-corrected chi connectivity index (χ3v) is 6.08. The second-order valence-electron chi connectivity index (χ2n) is 5.32. The van der Waals surface area contributed by atoms with Crippen LogP contribution in [0.3, 0.4) is 0 Å². The molecular formula is C16H21NO3S2. The molecule has 1 aliphatic carbocycles. The van der Waals surface area contributed by atoms with Gasteiger partial charge in [-0.25, -0.2) is 0 Å². The monoisotopic (exact) mass is 339 g/mol. The summed E-state index contributed by atoms with van der Waals surface area (Å²) in [5.74, 6) is -0.0119. The molecule has 0 spiro atoms. The van der Waals surface area contributed by atoms with E-state index in [4.69, 9.17) is 5.11 Å². The average molecular weight is 339 g/mol. The SMILES string of the molecule is O=C(O)CSCCNC(=O)C1(Sc2ccccc2)CCCC1. The van der Waals surface area contributed by atoms with Crippen molar-refractivity contribution in [2.24, 2.45) is 0 Å². The molecule has 1 aromatic carbocycles. The number of hydrogen-bond donors (Lipinski definition) is 2. The van der Waals surface area contributed by atoms with Crippen LogP contribution in [0.1, 0.15) is 25.7 Å². The highest BCUT2D eigenvalue weighted by Crippen LogP contribution is 2.45. The first-order valence-electron chi connectivity index (χ1n) is 7.44. The Labute approximate surface area is 139 Å². The maximum atomic E-state index is 12.6. The van der Waals surface area contributed by atoms with Gasteiger partial charge in [0.2, 0.25) is 5.91 Å². The molecule has 4 nitrogen and oxygen atoms in total. The molecule has 0 unspecified atom stereocenters. The lowest BCUT2D eigenvalue weighted by molar-refractivity contribution is -0.133. The lowest BCUT2D eigenvalue weighted by atomic mass is 10.1. The van der Waals surface area contributed by atoms with Crippen LogP contribution in [0, 0.1) is 0 Å². The molecule has 1 fully saturated rings. The normalized spacial score (nSPS) is 16.4. The molecule has 0 radical (unpaired) electrons. The fourth-order valence-corrected chi connectivity index (χ4v) is 4.56. The molecule has 0 aromatic heterocycles. The van der Waals surface area contributed by atoms with Crippen LogP contribution in [0.2, 0.25) is 0 Å². The smallest absolute Gasteiger partial charge is 0.313 e. The lowest BCUT2D eigenvalue weighted by Gasteiger charge is -2.27. The van der Waals surface area contributed by atoms with Crippen molar-refractivity contribution in [1.82, 2.24) is 5.32 Å². The molecule has 1 saturated carbocycles. The van der Waals surface area contributed by atoms with Crippen molar-refractivity contribution >= 4 is 35.4 Å². The van der Waals surface area contributed by atoms with Crippen LogP contribution >= 0.6 is 23.5 Å². The molecular weight excluding hydrogens is 318 g/mol. The van der Waals surface area contributed by atoms with Crippen LogP contribution in [0.25, 0.3) is 0 Å². The van der Waals surface area contributed by atoms with Gasteiger partial charge in [-0.2, -0.15) is 0 Å². The summed E-state index contributed by atoms with van der Waals surface area (Å²) in [5, 5.41) is 11.6. The van der Waals surface area contributed by atoms with E-state index >= 15 is 0 Å². The minimum Gasteiger partial charge on any atom is -0.481 e. The molecule has 0 atom stereocenters. The number of hydrogen-bond acceptors (Lipinski definition) is 4. The molecule has 1 aliphatic rings. The first-order chi connectivity index (χ1) is 10.6. The number of benzene rings is 1. The molecule has 0 saturated heterocycles. The molecule has 120 valence electrons. The van der Waals surface area contributed by atoms with E-state index in [9.17, 15) is 9.59 Å². The van der Waals surface area contributed by atoms with Crippen molar-refractivity contribution in [3.63, 3.8) is 0 Å². The highest BCUT2D eigenvalue weighted by molar-refractivity contribution is 8.01. The number of nitrogens with one attached hydrogen (secondary N) is 1. The predicted molar refractivity (Wildman–Crippen MR) is 91.5 cm³/mol. The largest absolute Gasteiger partial charge is 0.481 e. The molecule has 0 aliphatic heterocycles. The molecule has 2 rings (SSSR count). The Bertz CT molecular complexity index is 501. The Morgan fingerprint density at radius 3 is 2.50 bits per heavy atom. The Morgan fingerprint density at radius 2 is 1.86 bits per heavy atom. The Hall–Kier alpha value is -1.14. The van der Waals surface area contributed by atoms with Crippen molar-refractivity contribution in [3.05, 3.63) is 30.3 Å². The van der Waals surface area contributed by atoms with Gasteiger partial charge in [0.05, 0.1) is 10.5 Å². The van der Waals surface area contributed by atoms with Gasteiger partial charge in [-0.3, -0.25) is 9.59 Å². The summed E-state index contributed by atoms with van der Waals surface area (Å²) in [6.45, 7) is 0.522. The zero-order chi connectivity index (χ0) is 15.8. The van der Waals surface area contributed by atoms with E-state index in [1.165, 1.54) is 11.8 Å². The van der Waals surface area contributed by atoms with Crippen molar-refractivity contribution in [3.8, 4) is 0 Å². The quantitative estimate of drug-likeness (QED) is 0.713. The van der Waals surface area contributed by atoms with Gasteiger partial charge in [0.15, 0.2) is 0 Å². The molecule has 1 aromatic rings. The summed E-state index contributed by atoms with van der Waals surface area (Å²) < 4.78 is -0.362. The van der Waals surface area contributed by atoms with Crippen LogP contribution in [0.5, 0.6) is 0 Å². The highest BCUT2D eigenvalue weighted by atomic mass is 32.2. The number of carbonyl (C=O) groups excluding carboxylic acids is 1. The number of carboxylic acid groups (broad SMARTS) is 1. The van der Waals surface area contributed by atoms with Crippen molar-refractivity contribution in [1.29, 1.82) is 0 Å². The molecule has 6 heteroatoms. The van der Waals surface area contributed by atoms with E-state index in [0.717, 1.165) is 30.6 Å². The van der Waals surface area contributed by atoms with Gasteiger partial charge < -0.3 is 10.4 Å². The fraction of sp³-hybridized carbons (Fsp3) is 0.500. The Kier molecular flexibility index (Phi) is 6.64. The molecule has 1 amide bonds. The van der Waals surface area contributed by atoms with Crippen LogP contribution < -0.4 is 5.32 Å². The number of aliphatic carboxylic acids is 1. The number of carboxylic acids is 1. The number of amides is 1. The molecule has 0 bridgehead atoms. The van der Waals surface area contributed by atoms with Crippen molar-refractivity contribution in [2.45, 2.75) is 35.3 Å². The van der Waals surface area contributed by atoms with E-state index in [1.54, 1.807) is 11.8 Å². The van der Waals surface area contributed by atoms with Gasteiger partial charge in [0, 0.05) is 17.2 Å². The third kappa shape index (κ3) is 4.95. The third-order valence-electron chi connectivity index (χ3n) is 3.64. The molecule has 22 heavy (non-hydrogen) atoms. The summed E-state index contributed by atoms with van der Waals surface area (Å²) in [6, 6.07) is 10.0. The average Bonchev–Trinajstić information content (AvgIpc) is 2.97. The van der Waals surface area contributed by atoms with Crippen LogP contribution in [0.15, 0.2) is 35.2 Å². The first kappa shape index (κ1) is 17.2. The summed E-state index contributed by atoms with van der Waals surface area (Å²) in [4.78, 5) is 24.2. The van der Waals surface area contributed by atoms with E-state index < -0.39 is 5.97 Å². The van der Waals surface area contributed by atoms with Gasteiger partial charge in [0.1, 0.15) is 0 Å². The molecule has 0 heterocycles. The standard InChI is InChI=1S/C16H21NO3S2/c18-14(19)12-21-11-10-17-15(20)16(8-4-5-9-16)22-13-6-2-1-3-7-13/h1-3,6-7H,4-5,8-12H2,(H,17,20)(H,18,19). The number of carbonyl (C=O) groups is 2. The number of thioether (sulfide) groups is 2. The Morgan fingerprint density at radius 1 is 1.18 bits per heavy atom. The van der Waals surface area contributed by atoms with Gasteiger partial charge in [0.25, 0.3) is 0 Å². The van der Waals surface area contributed by atoms with E-state index in [-0.39, 0.29) is 16.4 Å². The minimum absolute atomic E-state index is 0.0831. The zero-order valence-electron chi connectivity index (χ0n) is 12.4. The zero-order valence-corrected chi connectivity index (χ0v) is 14.0. The summed E-state index contributed by atoms with van der Waals surface area (Å²) in [6.07, 6.45) is 3.98. The van der Waals surface area contributed by atoms with E-state index in [0.29, 0.717) is 12.3 Å². The lowest BCUT2D eigenvalue weighted by Crippen LogP contribution is -2.43. The topological polar surface area (TPSA) is 66.4 Å². The van der Waals surface area contributed by atoms with Gasteiger partial charge >= 0.3 is 5.97 Å². The predicted octanol–water partition coefficient (Wildman–Crippen LogP) is 3.03. The van der Waals surface area contributed by atoms with E-state index in [1.807, 2.05) is 30.3 Å². The van der Waals surface area contributed by atoms with Gasteiger partial charge in [-0.1, -0.05) is 31.0 Å². The second kappa shape index (κ2) is 8.48. The summed E-state index contributed by atoms with van der Waals surface area (Å²) >= 11 is 2.99. The highest BCUT2D eigenvalue weighted by Gasteiger charge is 2.41. The van der Waals surface area contributed by atoms with Crippen LogP contribution in [-0.2, 0) is 9.59 Å². The first-order valence-corrected chi connectivity index (χ1v) is 9.41. The summed E-state index contributed by atoms with van der Waals surface area (Å²) in [5.41, 5.74) is 0. The van der Waals surface area contributed by atoms with Crippen molar-refractivity contribution in [2.75, 3.05) is 18.1 Å². The van der Waals surface area contributed by atoms with Gasteiger partial charge in [-0.15, -0.1) is 23.5 Å². The van der Waals surface area contributed by atoms with E-state index in [2.05, 4.69) is 5.32 Å². The molecule has 2 N–H and O–H groups in total.